The molecule has 0 heterocycles. The van der Waals surface area contributed by atoms with Crippen molar-refractivity contribution in [2.45, 2.75) is 52.1 Å². The number of carboxylic acids is 1. The van der Waals surface area contributed by atoms with E-state index in [4.69, 9.17) is 5.11 Å². The fourth-order valence-electron chi connectivity index (χ4n) is 1.97. The first-order valence-electron chi connectivity index (χ1n) is 7.93. The summed E-state index contributed by atoms with van der Waals surface area (Å²) in [7, 11) is 0. The van der Waals surface area contributed by atoms with Crippen molar-refractivity contribution in [1.82, 2.24) is 4.90 Å². The molecule has 0 radical (unpaired) electrons. The minimum Gasteiger partial charge on any atom is -0.862 e. The number of nitrogens with zero attached hydrogens (tertiary/aromatic N) is 2. The molecule has 0 amide bonds. The number of rotatable bonds is 13. The average Bonchev–Trinajstić information content (AvgIpc) is 2.43. The van der Waals surface area contributed by atoms with Gasteiger partial charge in [-0.15, -0.1) is 0 Å². The maximum absolute atomic E-state index is 11.6. The van der Waals surface area contributed by atoms with E-state index in [1.165, 1.54) is 0 Å². The molecule has 0 rings (SSSR count). The van der Waals surface area contributed by atoms with Crippen LogP contribution >= 0.6 is 0 Å². The van der Waals surface area contributed by atoms with E-state index in [0.29, 0.717) is 32.6 Å². The van der Waals surface area contributed by atoms with Crippen molar-refractivity contribution in [3.05, 3.63) is 12.2 Å². The van der Waals surface area contributed by atoms with Crippen LogP contribution in [0.15, 0.2) is 17.1 Å². The van der Waals surface area contributed by atoms with Crippen LogP contribution in [-0.2, 0) is 4.79 Å². The van der Waals surface area contributed by atoms with Gasteiger partial charge >= 0.3 is 35.5 Å². The van der Waals surface area contributed by atoms with Crippen molar-refractivity contribution >= 4 is 11.9 Å². The molecule has 0 saturated heterocycles. The molecule has 1 unspecified atom stereocenters. The summed E-state index contributed by atoms with van der Waals surface area (Å²) in [6, 6.07) is 0. The zero-order valence-electron chi connectivity index (χ0n) is 14.7. The molecule has 7 heteroatoms. The van der Waals surface area contributed by atoms with Crippen molar-refractivity contribution in [2.75, 3.05) is 26.2 Å². The van der Waals surface area contributed by atoms with Gasteiger partial charge in [0, 0.05) is 19.6 Å². The Kier molecular flexibility index (Phi) is 17.8. The topological polar surface area (TPSA) is 96.2 Å². The first-order valence-corrected chi connectivity index (χ1v) is 7.93. The van der Waals surface area contributed by atoms with E-state index < -0.39 is 12.1 Å². The summed E-state index contributed by atoms with van der Waals surface area (Å²) in [6.07, 6.45) is 6.78. The van der Waals surface area contributed by atoms with Crippen LogP contribution < -0.4 is 34.7 Å². The molecule has 0 bridgehead atoms. The molecule has 6 nitrogen and oxygen atoms in total. The molecule has 23 heavy (non-hydrogen) atoms. The van der Waals surface area contributed by atoms with Crippen LogP contribution in [0.5, 0.6) is 0 Å². The molecule has 0 aliphatic heterocycles. The van der Waals surface area contributed by atoms with E-state index in [1.54, 1.807) is 6.92 Å². The molecular weight excluding hydrogens is 307 g/mol. The van der Waals surface area contributed by atoms with E-state index in [-0.39, 0.29) is 41.9 Å². The second-order valence-electron chi connectivity index (χ2n) is 5.34. The quantitative estimate of drug-likeness (QED) is 0.134. The summed E-state index contributed by atoms with van der Waals surface area (Å²) in [6.45, 7) is 5.29. The standard InChI is InChI=1S/C16H30N2O4.Na/c1-3-4-5-6-7-8-15(20)17-10-12-18(13-14(2)19)11-9-16(21)22;/h4-5,14,19H,3,6-13H2,1-2H3,(H,17,20)(H,21,22);/q;+1/p-1/b5-4+;. The Bertz CT molecular complexity index is 360. The third-order valence-corrected chi connectivity index (χ3v) is 3.03. The van der Waals surface area contributed by atoms with Gasteiger partial charge in [0.25, 0.3) is 0 Å². The van der Waals surface area contributed by atoms with Crippen molar-refractivity contribution in [2.24, 2.45) is 4.99 Å². The zero-order chi connectivity index (χ0) is 16.8. The van der Waals surface area contributed by atoms with Crippen LogP contribution in [-0.4, -0.2) is 59.3 Å². The van der Waals surface area contributed by atoms with Crippen molar-refractivity contribution in [3.63, 3.8) is 0 Å². The van der Waals surface area contributed by atoms with Gasteiger partial charge in [-0.25, -0.2) is 0 Å². The number of carboxylic acid groups (broad SMARTS) is 1. The van der Waals surface area contributed by atoms with Gasteiger partial charge in [0.2, 0.25) is 0 Å². The molecule has 0 aliphatic rings. The summed E-state index contributed by atoms with van der Waals surface area (Å²) in [5.41, 5.74) is 0. The second kappa shape index (κ2) is 16.5. The van der Waals surface area contributed by atoms with Crippen molar-refractivity contribution < 1.29 is 49.7 Å². The maximum Gasteiger partial charge on any atom is 1.00 e. The van der Waals surface area contributed by atoms with E-state index in [2.05, 4.69) is 24.1 Å². The number of unbranched alkanes of at least 4 members (excludes halogenated alkanes) is 1. The average molecular weight is 336 g/mol. The number of aliphatic hydroxyl groups is 1. The smallest absolute Gasteiger partial charge is 0.862 e. The van der Waals surface area contributed by atoms with Crippen molar-refractivity contribution in [1.29, 1.82) is 0 Å². The normalized spacial score (nSPS) is 13.3. The number of hydrogen-bond donors (Lipinski definition) is 2. The third-order valence-electron chi connectivity index (χ3n) is 3.03. The zero-order valence-corrected chi connectivity index (χ0v) is 16.7. The van der Waals surface area contributed by atoms with Gasteiger partial charge in [0.05, 0.1) is 19.1 Å². The SMILES string of the molecule is CC/C=C/CCCC([O-])=NCCN(CCC(=O)O)CC(C)O.[Na+]. The Balaban J connectivity index is 0. The molecule has 128 valence electrons. The van der Waals surface area contributed by atoms with E-state index in [0.717, 1.165) is 19.3 Å². The number of aliphatic hydroxyl groups excluding tert-OH is 1. The van der Waals surface area contributed by atoms with Crippen LogP contribution in [0.4, 0.5) is 0 Å². The Labute approximate surface area is 161 Å². The van der Waals surface area contributed by atoms with Crippen LogP contribution in [0.2, 0.25) is 0 Å². The molecular formula is C16H29N2NaO4. The van der Waals surface area contributed by atoms with E-state index >= 15 is 0 Å². The molecule has 0 saturated carbocycles. The fourth-order valence-corrected chi connectivity index (χ4v) is 1.97. The maximum atomic E-state index is 11.6. The molecule has 0 aliphatic carbocycles. The monoisotopic (exact) mass is 336 g/mol. The van der Waals surface area contributed by atoms with Gasteiger partial charge in [-0.3, -0.25) is 9.69 Å². The summed E-state index contributed by atoms with van der Waals surface area (Å²) in [4.78, 5) is 16.4. The number of carbonyl (C=O) groups is 1. The number of aliphatic carboxylic acids is 1. The third kappa shape index (κ3) is 17.8. The van der Waals surface area contributed by atoms with Gasteiger partial charge in [-0.1, -0.05) is 19.1 Å². The molecule has 0 spiro atoms. The minimum atomic E-state index is -0.872. The number of hydrogen-bond acceptors (Lipinski definition) is 5. The van der Waals surface area contributed by atoms with Gasteiger partial charge in [-0.2, -0.15) is 0 Å². The molecule has 2 N–H and O–H groups in total. The van der Waals surface area contributed by atoms with E-state index in [9.17, 15) is 15.0 Å². The summed E-state index contributed by atoms with van der Waals surface area (Å²) < 4.78 is 0. The summed E-state index contributed by atoms with van der Waals surface area (Å²) in [5, 5.41) is 29.7. The van der Waals surface area contributed by atoms with Crippen LogP contribution in [0.3, 0.4) is 0 Å². The molecule has 0 aromatic heterocycles. The van der Waals surface area contributed by atoms with E-state index in [1.807, 2.05) is 4.90 Å². The first kappa shape index (κ1) is 24.8. The van der Waals surface area contributed by atoms with Crippen LogP contribution in [0, 0.1) is 0 Å². The predicted molar refractivity (Wildman–Crippen MR) is 86.0 cm³/mol. The molecule has 0 aromatic carbocycles. The van der Waals surface area contributed by atoms with Crippen LogP contribution in [0.25, 0.3) is 0 Å². The largest absolute Gasteiger partial charge is 1.00 e. The Morgan fingerprint density at radius 3 is 2.57 bits per heavy atom. The number of aliphatic imine (C=N–C) groups is 1. The fraction of sp³-hybridized carbons (Fsp3) is 0.750. The van der Waals surface area contributed by atoms with Crippen molar-refractivity contribution in [3.8, 4) is 0 Å². The van der Waals surface area contributed by atoms with Gasteiger partial charge < -0.3 is 20.3 Å². The molecule has 1 atom stereocenters. The van der Waals surface area contributed by atoms with Gasteiger partial charge in [-0.05, 0) is 38.5 Å². The predicted octanol–water partition coefficient (Wildman–Crippen LogP) is -1.96. The van der Waals surface area contributed by atoms with Gasteiger partial charge in [0.1, 0.15) is 0 Å². The molecule has 0 aromatic rings. The van der Waals surface area contributed by atoms with Crippen LogP contribution in [0.1, 0.15) is 46.0 Å². The Hall–Kier alpha value is -0.400. The minimum absolute atomic E-state index is 0. The summed E-state index contributed by atoms with van der Waals surface area (Å²) >= 11 is 0. The summed E-state index contributed by atoms with van der Waals surface area (Å²) in [5.74, 6) is -0.983. The Morgan fingerprint density at radius 1 is 1.30 bits per heavy atom. The second-order valence-corrected chi connectivity index (χ2v) is 5.34. The first-order chi connectivity index (χ1) is 10.5. The molecule has 0 fully saturated rings. The van der Waals surface area contributed by atoms with Gasteiger partial charge in [0.15, 0.2) is 0 Å². The number of allylic oxidation sites excluding steroid dienone is 2. The Morgan fingerprint density at radius 2 is 2.00 bits per heavy atom.